The zero-order valence-electron chi connectivity index (χ0n) is 25.5. The second-order valence-corrected chi connectivity index (χ2v) is 11.6. The lowest BCUT2D eigenvalue weighted by Gasteiger charge is -2.02. The van der Waals surface area contributed by atoms with Crippen molar-refractivity contribution in [1.82, 2.24) is 0 Å². The third-order valence-electron chi connectivity index (χ3n) is 7.77. The van der Waals surface area contributed by atoms with Gasteiger partial charge < -0.3 is 0 Å². The van der Waals surface area contributed by atoms with Crippen molar-refractivity contribution < 1.29 is 0 Å². The Morgan fingerprint density at radius 2 is 0.389 bits per heavy atom. The molecule has 0 N–H and O–H groups in total. The molecule has 0 fully saturated rings. The Balaban J connectivity index is 3.11. The van der Waals surface area contributed by atoms with Crippen molar-refractivity contribution in [3.63, 3.8) is 0 Å². The molecule has 0 aliphatic rings. The molecule has 0 bridgehead atoms. The van der Waals surface area contributed by atoms with E-state index in [-0.39, 0.29) is 0 Å². The second-order valence-electron chi connectivity index (χ2n) is 11.6. The van der Waals surface area contributed by atoms with E-state index in [2.05, 4.69) is 38.2 Å². The predicted molar refractivity (Wildman–Crippen MR) is 168 cm³/mol. The van der Waals surface area contributed by atoms with Gasteiger partial charge >= 0.3 is 0 Å². The first kappa shape index (κ1) is 35.5. The van der Waals surface area contributed by atoms with E-state index < -0.39 is 0 Å². The van der Waals surface area contributed by atoms with Crippen LogP contribution in [0.3, 0.4) is 0 Å². The quantitative estimate of drug-likeness (QED) is 0.0653. The molecule has 0 aliphatic heterocycles. The van der Waals surface area contributed by atoms with Crippen LogP contribution in [0.2, 0.25) is 0 Å². The summed E-state index contributed by atoms with van der Waals surface area (Å²) in [6.07, 6.45) is 52.4. The third kappa shape index (κ3) is 33.5. The molecule has 0 rings (SSSR count). The van der Waals surface area contributed by atoms with Gasteiger partial charge in [0, 0.05) is 0 Å². The summed E-state index contributed by atoms with van der Waals surface area (Å²) >= 11 is 0. The number of allylic oxidation sites excluding steroid dienone is 4. The molecular formula is C36H70. The van der Waals surface area contributed by atoms with Gasteiger partial charge in [-0.25, -0.2) is 0 Å². The Morgan fingerprint density at radius 3 is 0.583 bits per heavy atom. The average molecular weight is 503 g/mol. The van der Waals surface area contributed by atoms with Gasteiger partial charge in [-0.2, -0.15) is 0 Å². The normalized spacial score (nSPS) is 11.9. The van der Waals surface area contributed by atoms with E-state index in [9.17, 15) is 0 Å². The Bertz CT molecular complexity index is 378. The molecule has 0 aromatic rings. The summed E-state index contributed by atoms with van der Waals surface area (Å²) in [7, 11) is 0. The van der Waals surface area contributed by atoms with Gasteiger partial charge in [-0.15, -0.1) is 0 Å². The molecule has 0 saturated heterocycles. The van der Waals surface area contributed by atoms with Crippen molar-refractivity contribution in [2.75, 3.05) is 0 Å². The highest BCUT2D eigenvalue weighted by atomic mass is 14.0. The molecule has 36 heavy (non-hydrogen) atoms. The Kier molecular flexibility index (Phi) is 34.0. The van der Waals surface area contributed by atoms with E-state index in [1.165, 1.54) is 193 Å². The topological polar surface area (TPSA) is 0 Å². The van der Waals surface area contributed by atoms with Crippen LogP contribution in [0.5, 0.6) is 0 Å². The monoisotopic (exact) mass is 503 g/mol. The van der Waals surface area contributed by atoms with Gasteiger partial charge in [0.1, 0.15) is 0 Å². The van der Waals surface area contributed by atoms with Crippen molar-refractivity contribution >= 4 is 0 Å². The smallest absolute Gasteiger partial charge is 0.0351 e. The van der Waals surface area contributed by atoms with Crippen molar-refractivity contribution in [2.24, 2.45) is 0 Å². The fourth-order valence-corrected chi connectivity index (χ4v) is 5.20. The fraction of sp³-hybridized carbons (Fsp3) is 0.889. The van der Waals surface area contributed by atoms with E-state index in [0.29, 0.717) is 0 Å². The van der Waals surface area contributed by atoms with Crippen LogP contribution in [0, 0.1) is 0 Å². The highest BCUT2D eigenvalue weighted by Gasteiger charge is 1.94. The molecule has 0 amide bonds. The van der Waals surface area contributed by atoms with Crippen LogP contribution in [-0.2, 0) is 0 Å². The first-order chi connectivity index (χ1) is 17.9. The molecular weight excluding hydrogens is 432 g/mol. The summed E-state index contributed by atoms with van der Waals surface area (Å²) in [6, 6.07) is 0. The maximum absolute atomic E-state index is 2.45. The third-order valence-corrected chi connectivity index (χ3v) is 7.77. The van der Waals surface area contributed by atoms with Gasteiger partial charge in [0.05, 0.1) is 0 Å². The molecule has 0 heteroatoms. The fourth-order valence-electron chi connectivity index (χ4n) is 5.20. The van der Waals surface area contributed by atoms with E-state index in [0.717, 1.165) is 0 Å². The average Bonchev–Trinajstić information content (AvgIpc) is 2.89. The van der Waals surface area contributed by atoms with Crippen LogP contribution in [-0.4, -0.2) is 0 Å². The van der Waals surface area contributed by atoms with Gasteiger partial charge in [-0.3, -0.25) is 0 Å². The molecule has 0 aromatic carbocycles. The van der Waals surface area contributed by atoms with Gasteiger partial charge in [-0.1, -0.05) is 179 Å². The largest absolute Gasteiger partial charge is 0.0885 e. The van der Waals surface area contributed by atoms with Crippen LogP contribution in [0.1, 0.15) is 206 Å². The molecule has 0 radical (unpaired) electrons. The molecule has 0 nitrogen and oxygen atoms in total. The standard InChI is InChI=1S/C36H70/c1-3-5-7-9-11-13-15-17-19-21-23-25-27-29-31-33-35-36-34-32-30-28-26-24-22-20-18-16-14-12-10-8-6-4-2/h21-24H,3-20,25-36H2,1-2H3/b23-21-,24-22-. The lowest BCUT2D eigenvalue weighted by molar-refractivity contribution is 0.553. The molecule has 0 saturated carbocycles. The van der Waals surface area contributed by atoms with Crippen molar-refractivity contribution in [1.29, 1.82) is 0 Å². The van der Waals surface area contributed by atoms with Crippen molar-refractivity contribution in [3.05, 3.63) is 24.3 Å². The summed E-state index contributed by atoms with van der Waals surface area (Å²) in [5.41, 5.74) is 0. The first-order valence-electron chi connectivity index (χ1n) is 17.2. The van der Waals surface area contributed by atoms with Crippen molar-refractivity contribution in [2.45, 2.75) is 206 Å². The SMILES string of the molecule is CCCCCCCCCC/C=C\CCCCCCCCCCCC/C=C\CCCCCCCCCC. The summed E-state index contributed by atoms with van der Waals surface area (Å²) < 4.78 is 0. The highest BCUT2D eigenvalue weighted by Crippen LogP contribution is 2.14. The lowest BCUT2D eigenvalue weighted by atomic mass is 10.0. The Morgan fingerprint density at radius 1 is 0.222 bits per heavy atom. The van der Waals surface area contributed by atoms with Crippen LogP contribution >= 0.6 is 0 Å². The Hall–Kier alpha value is -0.520. The lowest BCUT2D eigenvalue weighted by Crippen LogP contribution is -1.82. The molecule has 0 heterocycles. The molecule has 0 aliphatic carbocycles. The van der Waals surface area contributed by atoms with Gasteiger partial charge in [0.15, 0.2) is 0 Å². The minimum Gasteiger partial charge on any atom is -0.0885 e. The zero-order chi connectivity index (χ0) is 26.0. The molecule has 0 atom stereocenters. The minimum absolute atomic E-state index is 1.31. The van der Waals surface area contributed by atoms with Crippen LogP contribution in [0.25, 0.3) is 0 Å². The second kappa shape index (κ2) is 34.5. The maximum atomic E-state index is 2.45. The minimum atomic E-state index is 1.31. The van der Waals surface area contributed by atoms with E-state index in [1.54, 1.807) is 0 Å². The molecule has 0 spiro atoms. The number of rotatable bonds is 31. The van der Waals surface area contributed by atoms with E-state index >= 15 is 0 Å². The van der Waals surface area contributed by atoms with Crippen molar-refractivity contribution in [3.8, 4) is 0 Å². The van der Waals surface area contributed by atoms with E-state index in [4.69, 9.17) is 0 Å². The first-order valence-corrected chi connectivity index (χ1v) is 17.2. The molecule has 214 valence electrons. The summed E-state index contributed by atoms with van der Waals surface area (Å²) in [5, 5.41) is 0. The van der Waals surface area contributed by atoms with Crippen LogP contribution in [0.4, 0.5) is 0 Å². The number of hydrogen-bond acceptors (Lipinski definition) is 0. The zero-order valence-corrected chi connectivity index (χ0v) is 25.5. The predicted octanol–water partition coefficient (Wildman–Crippen LogP) is 13.8. The summed E-state index contributed by atoms with van der Waals surface area (Å²) in [5.74, 6) is 0. The number of hydrogen-bond donors (Lipinski definition) is 0. The van der Waals surface area contributed by atoms with E-state index in [1.807, 2.05) is 0 Å². The van der Waals surface area contributed by atoms with Crippen LogP contribution in [0.15, 0.2) is 24.3 Å². The molecule has 0 aromatic heterocycles. The van der Waals surface area contributed by atoms with Crippen LogP contribution < -0.4 is 0 Å². The summed E-state index contributed by atoms with van der Waals surface area (Å²) in [6.45, 7) is 4.60. The highest BCUT2D eigenvalue weighted by molar-refractivity contribution is 4.82. The summed E-state index contributed by atoms with van der Waals surface area (Å²) in [4.78, 5) is 0. The maximum Gasteiger partial charge on any atom is -0.0351 e. The molecule has 0 unspecified atom stereocenters. The number of unbranched alkanes of at least 4 members (excludes halogenated alkanes) is 27. The Labute approximate surface area is 230 Å². The van der Waals surface area contributed by atoms with Gasteiger partial charge in [0.2, 0.25) is 0 Å². The van der Waals surface area contributed by atoms with Gasteiger partial charge in [-0.05, 0) is 51.4 Å². The van der Waals surface area contributed by atoms with Gasteiger partial charge in [0.25, 0.3) is 0 Å².